The summed E-state index contributed by atoms with van der Waals surface area (Å²) in [5.41, 5.74) is 1.22. The minimum Gasteiger partial charge on any atom is -0.373 e. The first-order chi connectivity index (χ1) is 9.58. The molecule has 0 fully saturated rings. The van der Waals surface area contributed by atoms with Crippen molar-refractivity contribution in [1.82, 2.24) is 9.97 Å². The summed E-state index contributed by atoms with van der Waals surface area (Å²) in [6.45, 7) is 7.46. The Kier molecular flexibility index (Phi) is 4.60. The van der Waals surface area contributed by atoms with E-state index in [-0.39, 0.29) is 5.41 Å². The van der Waals surface area contributed by atoms with Gasteiger partial charge in [-0.15, -0.1) is 11.3 Å². The summed E-state index contributed by atoms with van der Waals surface area (Å²) >= 11 is 1.80. The van der Waals surface area contributed by atoms with Crippen LogP contribution in [0.3, 0.4) is 0 Å². The van der Waals surface area contributed by atoms with Crippen LogP contribution in [-0.2, 0) is 11.8 Å². The van der Waals surface area contributed by atoms with Gasteiger partial charge < -0.3 is 10.6 Å². The highest BCUT2D eigenvalue weighted by Gasteiger charge is 2.22. The molecule has 0 radical (unpaired) electrons. The topological polar surface area (TPSA) is 49.8 Å². The molecule has 0 saturated carbocycles. The Hall–Kier alpha value is -1.62. The van der Waals surface area contributed by atoms with Gasteiger partial charge in [0.2, 0.25) is 0 Å². The van der Waals surface area contributed by atoms with Crippen LogP contribution in [0.1, 0.15) is 31.2 Å². The van der Waals surface area contributed by atoms with Crippen molar-refractivity contribution in [3.63, 3.8) is 0 Å². The summed E-state index contributed by atoms with van der Waals surface area (Å²) in [5.74, 6) is 1.83. The van der Waals surface area contributed by atoms with E-state index >= 15 is 0 Å². The number of thiophene rings is 1. The number of aromatic nitrogens is 2. The molecule has 0 aliphatic rings. The maximum Gasteiger partial charge on any atom is 0.134 e. The van der Waals surface area contributed by atoms with Crippen LogP contribution in [0.15, 0.2) is 23.8 Å². The molecule has 0 amide bonds. The first-order valence-electron chi connectivity index (χ1n) is 6.88. The second-order valence-electron chi connectivity index (χ2n) is 5.37. The average Bonchev–Trinajstić information content (AvgIpc) is 2.99. The Morgan fingerprint density at radius 2 is 2.00 bits per heavy atom. The third-order valence-corrected chi connectivity index (χ3v) is 4.66. The minimum atomic E-state index is 0.0872. The number of anilines is 2. The highest BCUT2D eigenvalue weighted by atomic mass is 32.1. The van der Waals surface area contributed by atoms with Crippen molar-refractivity contribution in [2.45, 2.75) is 32.6 Å². The molecule has 4 nitrogen and oxygen atoms in total. The summed E-state index contributed by atoms with van der Waals surface area (Å²) in [7, 11) is 1.89. The fraction of sp³-hybridized carbons (Fsp3) is 0.467. The van der Waals surface area contributed by atoms with E-state index in [2.05, 4.69) is 58.9 Å². The van der Waals surface area contributed by atoms with Gasteiger partial charge in [0.05, 0.1) is 0 Å². The normalized spacial score (nSPS) is 11.4. The molecule has 0 saturated heterocycles. The maximum absolute atomic E-state index is 4.38. The van der Waals surface area contributed by atoms with Crippen molar-refractivity contribution >= 4 is 23.0 Å². The molecule has 108 valence electrons. The van der Waals surface area contributed by atoms with Gasteiger partial charge in [-0.1, -0.05) is 26.8 Å². The van der Waals surface area contributed by atoms with Crippen molar-refractivity contribution < 1.29 is 0 Å². The molecule has 2 aromatic rings. The molecule has 2 heterocycles. The van der Waals surface area contributed by atoms with E-state index < -0.39 is 0 Å². The van der Waals surface area contributed by atoms with Gasteiger partial charge >= 0.3 is 0 Å². The van der Waals surface area contributed by atoms with Crippen molar-refractivity contribution in [2.75, 3.05) is 24.2 Å². The molecule has 5 heteroatoms. The lowest BCUT2D eigenvalue weighted by atomic mass is 9.91. The summed E-state index contributed by atoms with van der Waals surface area (Å²) < 4.78 is 0. The Morgan fingerprint density at radius 3 is 2.60 bits per heavy atom. The van der Waals surface area contributed by atoms with Gasteiger partial charge in [0, 0.05) is 29.4 Å². The Labute approximate surface area is 124 Å². The molecule has 0 aromatic carbocycles. The Bertz CT molecular complexity index is 549. The van der Waals surface area contributed by atoms with Crippen LogP contribution in [-0.4, -0.2) is 23.6 Å². The molecular weight excluding hydrogens is 268 g/mol. The maximum atomic E-state index is 4.38. The Balaban J connectivity index is 2.15. The summed E-state index contributed by atoms with van der Waals surface area (Å²) in [6, 6.07) is 4.29. The van der Waals surface area contributed by atoms with Gasteiger partial charge in [-0.25, -0.2) is 9.97 Å². The lowest BCUT2D eigenvalue weighted by molar-refractivity contribution is 0.568. The van der Waals surface area contributed by atoms with Crippen molar-refractivity contribution in [3.8, 4) is 0 Å². The van der Waals surface area contributed by atoms with Crippen LogP contribution in [0.5, 0.6) is 0 Å². The number of nitrogens with zero attached hydrogens (tertiary/aromatic N) is 2. The zero-order valence-electron chi connectivity index (χ0n) is 12.5. The summed E-state index contributed by atoms with van der Waals surface area (Å²) in [5, 5.41) is 8.73. The van der Waals surface area contributed by atoms with Gasteiger partial charge in [0.15, 0.2) is 0 Å². The van der Waals surface area contributed by atoms with Gasteiger partial charge in [-0.05, 0) is 17.9 Å². The van der Waals surface area contributed by atoms with Gasteiger partial charge in [-0.2, -0.15) is 0 Å². The first kappa shape index (κ1) is 14.8. The number of nitrogens with one attached hydrogen (secondary N) is 2. The second kappa shape index (κ2) is 6.22. The smallest absolute Gasteiger partial charge is 0.134 e. The minimum absolute atomic E-state index is 0.0872. The molecule has 20 heavy (non-hydrogen) atoms. The summed E-state index contributed by atoms with van der Waals surface area (Å²) in [6.07, 6.45) is 2.50. The van der Waals surface area contributed by atoms with Crippen LogP contribution in [0, 0.1) is 0 Å². The quantitative estimate of drug-likeness (QED) is 0.854. The number of hydrogen-bond acceptors (Lipinski definition) is 5. The van der Waals surface area contributed by atoms with Crippen molar-refractivity contribution in [1.29, 1.82) is 0 Å². The average molecular weight is 290 g/mol. The largest absolute Gasteiger partial charge is 0.373 e. The van der Waals surface area contributed by atoms with E-state index in [1.54, 1.807) is 17.7 Å². The monoisotopic (exact) mass is 290 g/mol. The molecule has 2 N–H and O–H groups in total. The highest BCUT2D eigenvalue weighted by Crippen LogP contribution is 2.28. The van der Waals surface area contributed by atoms with Gasteiger partial charge in [0.25, 0.3) is 0 Å². The van der Waals surface area contributed by atoms with E-state index in [1.165, 1.54) is 4.88 Å². The molecule has 2 aromatic heterocycles. The van der Waals surface area contributed by atoms with Crippen molar-refractivity contribution in [2.24, 2.45) is 0 Å². The lowest BCUT2D eigenvalue weighted by Crippen LogP contribution is -2.27. The standard InChI is InChI=1S/C15H22N4S/c1-5-11-13(16-4)18-10-19-14(11)17-9-15(2,3)12-7-6-8-20-12/h6-8,10H,5,9H2,1-4H3,(H2,16,17,18,19). The highest BCUT2D eigenvalue weighted by molar-refractivity contribution is 7.10. The predicted molar refractivity (Wildman–Crippen MR) is 86.8 cm³/mol. The van der Waals surface area contributed by atoms with E-state index in [4.69, 9.17) is 0 Å². The third-order valence-electron chi connectivity index (χ3n) is 3.42. The molecular formula is C15H22N4S. The third kappa shape index (κ3) is 3.10. The van der Waals surface area contributed by atoms with Crippen LogP contribution < -0.4 is 10.6 Å². The molecule has 0 bridgehead atoms. The molecule has 0 spiro atoms. The molecule has 0 aliphatic carbocycles. The predicted octanol–water partition coefficient (Wildman–Crippen LogP) is 3.53. The lowest BCUT2D eigenvalue weighted by Gasteiger charge is -2.25. The first-order valence-corrected chi connectivity index (χ1v) is 7.76. The number of rotatable bonds is 6. The molecule has 2 rings (SSSR count). The van der Waals surface area contributed by atoms with Crippen LogP contribution in [0.4, 0.5) is 11.6 Å². The number of hydrogen-bond donors (Lipinski definition) is 2. The SMILES string of the molecule is CCc1c(NC)ncnc1NCC(C)(C)c1cccs1. The summed E-state index contributed by atoms with van der Waals surface area (Å²) in [4.78, 5) is 10.0. The van der Waals surface area contributed by atoms with Gasteiger partial charge in [0.1, 0.15) is 18.0 Å². The van der Waals surface area contributed by atoms with E-state index in [9.17, 15) is 0 Å². The van der Waals surface area contributed by atoms with Crippen LogP contribution in [0.2, 0.25) is 0 Å². The van der Waals surface area contributed by atoms with Crippen LogP contribution >= 0.6 is 11.3 Å². The Morgan fingerprint density at radius 1 is 1.25 bits per heavy atom. The molecule has 0 unspecified atom stereocenters. The van der Waals surface area contributed by atoms with E-state index in [0.717, 1.165) is 30.2 Å². The van der Waals surface area contributed by atoms with Crippen LogP contribution in [0.25, 0.3) is 0 Å². The fourth-order valence-corrected chi connectivity index (χ4v) is 3.02. The van der Waals surface area contributed by atoms with Gasteiger partial charge in [-0.3, -0.25) is 0 Å². The zero-order valence-corrected chi connectivity index (χ0v) is 13.3. The fourth-order valence-electron chi connectivity index (χ4n) is 2.17. The van der Waals surface area contributed by atoms with E-state index in [0.29, 0.717) is 0 Å². The van der Waals surface area contributed by atoms with Crippen molar-refractivity contribution in [3.05, 3.63) is 34.3 Å². The van der Waals surface area contributed by atoms with E-state index in [1.807, 2.05) is 7.05 Å². The molecule has 0 atom stereocenters. The molecule has 0 aliphatic heterocycles. The zero-order chi connectivity index (χ0) is 14.6. The second-order valence-corrected chi connectivity index (χ2v) is 6.32.